The molecule has 2 heterocycles. The number of benzene rings is 2. The Morgan fingerprint density at radius 3 is 1.97 bits per heavy atom. The van der Waals surface area contributed by atoms with Gasteiger partial charge in [0.1, 0.15) is 0 Å². The lowest BCUT2D eigenvalue weighted by Gasteiger charge is -2.11. The van der Waals surface area contributed by atoms with E-state index in [2.05, 4.69) is 86.5 Å². The Bertz CT molecular complexity index is 1080. The van der Waals surface area contributed by atoms with Crippen LogP contribution in [0.5, 0.6) is 0 Å². The molecule has 0 aliphatic heterocycles. The predicted octanol–water partition coefficient (Wildman–Crippen LogP) is 4.61. The Kier molecular flexibility index (Phi) is 7.57. The summed E-state index contributed by atoms with van der Waals surface area (Å²) >= 11 is 0. The van der Waals surface area contributed by atoms with E-state index < -0.39 is 0 Å². The normalized spacial score (nSPS) is 11.6. The van der Waals surface area contributed by atoms with E-state index in [0.717, 1.165) is 38.3 Å². The van der Waals surface area contributed by atoms with Crippen molar-refractivity contribution in [3.63, 3.8) is 0 Å². The molecule has 0 aliphatic carbocycles. The summed E-state index contributed by atoms with van der Waals surface area (Å²) in [5.41, 5.74) is 5.11. The molecule has 29 heavy (non-hydrogen) atoms. The van der Waals surface area contributed by atoms with Crippen LogP contribution in [0.4, 0.5) is 0 Å². The van der Waals surface area contributed by atoms with Gasteiger partial charge >= 0.3 is 0 Å². The third-order valence-corrected chi connectivity index (χ3v) is 5.18. The maximum Gasteiger partial charge on any atom is 0.190 e. The van der Waals surface area contributed by atoms with Crippen LogP contribution in [0.2, 0.25) is 0 Å². The Hall–Kier alpha value is -2.48. The highest BCUT2D eigenvalue weighted by Crippen LogP contribution is 2.19. The second-order valence-corrected chi connectivity index (χ2v) is 7.00. The number of nitrogens with zero attached hydrogens (tertiary/aromatic N) is 1. The minimum Gasteiger partial charge on any atom is -0.361 e. The largest absolute Gasteiger partial charge is 0.361 e. The molecule has 0 unspecified atom stereocenters. The van der Waals surface area contributed by atoms with Crippen LogP contribution in [0.15, 0.2) is 65.9 Å². The molecule has 4 rings (SSSR count). The van der Waals surface area contributed by atoms with E-state index in [1.807, 2.05) is 7.05 Å². The number of guanidine groups is 1. The van der Waals surface area contributed by atoms with Gasteiger partial charge in [-0.3, -0.25) is 4.99 Å². The van der Waals surface area contributed by atoms with E-state index in [1.54, 1.807) is 0 Å². The lowest BCUT2D eigenvalue weighted by Crippen LogP contribution is -2.38. The number of H-pyrrole nitrogens is 2. The summed E-state index contributed by atoms with van der Waals surface area (Å²) < 4.78 is 0. The number of aryl methyl sites for hydroxylation is 1. The highest BCUT2D eigenvalue weighted by atomic mass is 127. The number of rotatable bonds is 7. The molecular formula is C23H28IN5. The van der Waals surface area contributed by atoms with Crippen molar-refractivity contribution >= 4 is 51.7 Å². The van der Waals surface area contributed by atoms with Crippen molar-refractivity contribution in [3.05, 3.63) is 72.1 Å². The van der Waals surface area contributed by atoms with Crippen molar-refractivity contribution in [2.75, 3.05) is 20.1 Å². The third-order valence-electron chi connectivity index (χ3n) is 5.18. The second kappa shape index (κ2) is 10.3. The molecule has 0 spiro atoms. The van der Waals surface area contributed by atoms with Crippen LogP contribution in [0.25, 0.3) is 21.8 Å². The molecule has 5 nitrogen and oxygen atoms in total. The molecule has 0 saturated carbocycles. The quantitative estimate of drug-likeness (QED) is 0.129. The lowest BCUT2D eigenvalue weighted by molar-refractivity contribution is 0.741. The molecule has 0 radical (unpaired) electrons. The first-order valence-corrected chi connectivity index (χ1v) is 9.89. The first kappa shape index (κ1) is 21.2. The summed E-state index contributed by atoms with van der Waals surface area (Å²) in [5.74, 6) is 0.860. The Balaban J connectivity index is 0.00000240. The number of aromatic nitrogens is 2. The van der Waals surface area contributed by atoms with Crippen molar-refractivity contribution in [2.45, 2.75) is 19.3 Å². The van der Waals surface area contributed by atoms with Crippen LogP contribution in [-0.2, 0) is 12.8 Å². The van der Waals surface area contributed by atoms with E-state index in [0.29, 0.717) is 0 Å². The van der Waals surface area contributed by atoms with E-state index in [4.69, 9.17) is 0 Å². The molecule has 152 valence electrons. The first-order valence-electron chi connectivity index (χ1n) is 9.89. The molecule has 0 aliphatic rings. The van der Waals surface area contributed by atoms with Gasteiger partial charge in [0.2, 0.25) is 0 Å². The standard InChI is InChI=1S/C23H27N5.HI/c1-24-23(26-14-12-18-16-28-22-11-5-3-9-20(18)22)25-13-6-7-17-15-27-21-10-4-2-8-19(17)21;/h2-5,8-11,15-16,27-28H,6-7,12-14H2,1H3,(H2,24,25,26);1H. The fourth-order valence-corrected chi connectivity index (χ4v) is 3.70. The molecule has 4 N–H and O–H groups in total. The molecule has 0 saturated heterocycles. The predicted molar refractivity (Wildman–Crippen MR) is 133 cm³/mol. The summed E-state index contributed by atoms with van der Waals surface area (Å²) in [6, 6.07) is 16.9. The van der Waals surface area contributed by atoms with Gasteiger partial charge in [-0.25, -0.2) is 0 Å². The van der Waals surface area contributed by atoms with Crippen molar-refractivity contribution in [2.24, 2.45) is 4.99 Å². The van der Waals surface area contributed by atoms with Crippen molar-refractivity contribution < 1.29 is 0 Å². The average Bonchev–Trinajstić information content (AvgIpc) is 3.34. The van der Waals surface area contributed by atoms with Gasteiger partial charge in [-0.2, -0.15) is 0 Å². The van der Waals surface area contributed by atoms with E-state index in [-0.39, 0.29) is 24.0 Å². The fraction of sp³-hybridized carbons (Fsp3) is 0.261. The minimum atomic E-state index is 0. The van der Waals surface area contributed by atoms with E-state index in [9.17, 15) is 0 Å². The molecule has 2 aromatic carbocycles. The second-order valence-electron chi connectivity index (χ2n) is 7.00. The maximum atomic E-state index is 4.33. The Morgan fingerprint density at radius 1 is 0.793 bits per heavy atom. The average molecular weight is 501 g/mol. The number of aliphatic imine (C=N–C) groups is 1. The van der Waals surface area contributed by atoms with Crippen LogP contribution >= 0.6 is 24.0 Å². The Morgan fingerprint density at radius 2 is 1.34 bits per heavy atom. The highest BCUT2D eigenvalue weighted by molar-refractivity contribution is 14.0. The van der Waals surface area contributed by atoms with Crippen LogP contribution in [0, 0.1) is 0 Å². The molecule has 0 amide bonds. The first-order chi connectivity index (χ1) is 13.8. The number of aromatic amines is 2. The summed E-state index contributed by atoms with van der Waals surface area (Å²) in [4.78, 5) is 11.0. The molecule has 4 aromatic rings. The maximum absolute atomic E-state index is 4.33. The highest BCUT2D eigenvalue weighted by Gasteiger charge is 2.05. The van der Waals surface area contributed by atoms with Gasteiger partial charge in [0.25, 0.3) is 0 Å². The van der Waals surface area contributed by atoms with Crippen LogP contribution in [-0.4, -0.2) is 36.1 Å². The number of hydrogen-bond donors (Lipinski definition) is 4. The van der Waals surface area contributed by atoms with Crippen LogP contribution in [0.3, 0.4) is 0 Å². The summed E-state index contributed by atoms with van der Waals surface area (Å²) in [5, 5.41) is 9.45. The number of fused-ring (bicyclic) bond motifs is 2. The number of para-hydroxylation sites is 2. The minimum absolute atomic E-state index is 0. The van der Waals surface area contributed by atoms with Crippen molar-refractivity contribution in [3.8, 4) is 0 Å². The summed E-state index contributed by atoms with van der Waals surface area (Å²) in [6.07, 6.45) is 7.29. The van der Waals surface area contributed by atoms with Gasteiger partial charge in [-0.1, -0.05) is 36.4 Å². The summed E-state index contributed by atoms with van der Waals surface area (Å²) in [7, 11) is 1.82. The third kappa shape index (κ3) is 5.12. The van der Waals surface area contributed by atoms with Gasteiger partial charge in [0.15, 0.2) is 5.96 Å². The number of nitrogens with one attached hydrogen (secondary N) is 4. The van der Waals surface area contributed by atoms with E-state index in [1.165, 1.54) is 32.9 Å². The molecule has 0 atom stereocenters. The molecular weight excluding hydrogens is 473 g/mol. The Labute approximate surface area is 188 Å². The van der Waals surface area contributed by atoms with Gasteiger partial charge in [0, 0.05) is 54.3 Å². The zero-order chi connectivity index (χ0) is 19.2. The van der Waals surface area contributed by atoms with Crippen LogP contribution < -0.4 is 10.6 Å². The molecule has 6 heteroatoms. The molecule has 2 aromatic heterocycles. The van der Waals surface area contributed by atoms with E-state index >= 15 is 0 Å². The van der Waals surface area contributed by atoms with Gasteiger partial charge in [-0.15, -0.1) is 24.0 Å². The topological polar surface area (TPSA) is 68.0 Å². The SMILES string of the molecule is CN=C(NCCCc1c[nH]c2ccccc12)NCCc1c[nH]c2ccccc12.I. The smallest absolute Gasteiger partial charge is 0.190 e. The van der Waals surface area contributed by atoms with Gasteiger partial charge < -0.3 is 20.6 Å². The molecule has 0 bridgehead atoms. The fourth-order valence-electron chi connectivity index (χ4n) is 3.70. The van der Waals surface area contributed by atoms with Crippen LogP contribution in [0.1, 0.15) is 17.5 Å². The van der Waals surface area contributed by atoms with Crippen molar-refractivity contribution in [1.82, 2.24) is 20.6 Å². The van der Waals surface area contributed by atoms with Gasteiger partial charge in [-0.05, 0) is 42.5 Å². The summed E-state index contributed by atoms with van der Waals surface area (Å²) in [6.45, 7) is 1.75. The number of hydrogen-bond acceptors (Lipinski definition) is 1. The number of halogens is 1. The zero-order valence-corrected chi connectivity index (χ0v) is 19.0. The van der Waals surface area contributed by atoms with Gasteiger partial charge in [0.05, 0.1) is 0 Å². The lowest BCUT2D eigenvalue weighted by atomic mass is 10.1. The monoisotopic (exact) mass is 501 g/mol. The molecule has 0 fully saturated rings. The van der Waals surface area contributed by atoms with Crippen molar-refractivity contribution in [1.29, 1.82) is 0 Å². The zero-order valence-electron chi connectivity index (χ0n) is 16.7.